The number of hydrogen-bond donors (Lipinski definition) is 0. The standard InChI is InChI=1S/C14H6Cl4FN/c15-7-1-3-9-10-6-8(19)2-4-12(10)20-13(11(9)5-7)14(16,17)18/h1-6H. The first-order valence-corrected chi connectivity index (χ1v) is 7.13. The molecule has 0 atom stereocenters. The van der Waals surface area contributed by atoms with Gasteiger partial charge in [-0.05, 0) is 35.7 Å². The van der Waals surface area contributed by atoms with Gasteiger partial charge in [0.05, 0.1) is 5.52 Å². The SMILES string of the molecule is Fc1ccc2nc(C(Cl)(Cl)Cl)c3cc(Cl)ccc3c2c1. The Kier molecular flexibility index (Phi) is 3.46. The molecule has 0 bridgehead atoms. The van der Waals surface area contributed by atoms with E-state index in [1.54, 1.807) is 24.3 Å². The van der Waals surface area contributed by atoms with Crippen LogP contribution in [0.1, 0.15) is 5.69 Å². The first-order chi connectivity index (χ1) is 9.36. The van der Waals surface area contributed by atoms with E-state index in [0.29, 0.717) is 21.3 Å². The molecular formula is C14H6Cl4FN. The number of halogens is 5. The molecule has 20 heavy (non-hydrogen) atoms. The molecule has 3 aromatic rings. The number of hydrogen-bond acceptors (Lipinski definition) is 1. The smallest absolute Gasteiger partial charge is 0.233 e. The van der Waals surface area contributed by atoms with E-state index in [1.807, 2.05) is 0 Å². The molecule has 1 aromatic heterocycles. The zero-order chi connectivity index (χ0) is 14.5. The fourth-order valence-electron chi connectivity index (χ4n) is 2.17. The van der Waals surface area contributed by atoms with Gasteiger partial charge in [0.1, 0.15) is 11.5 Å². The van der Waals surface area contributed by atoms with Crippen molar-refractivity contribution < 1.29 is 4.39 Å². The molecule has 0 N–H and O–H groups in total. The zero-order valence-corrected chi connectivity index (χ0v) is 12.8. The van der Waals surface area contributed by atoms with Gasteiger partial charge < -0.3 is 0 Å². The summed E-state index contributed by atoms with van der Waals surface area (Å²) in [5.74, 6) is -0.350. The third-order valence-corrected chi connectivity index (χ3v) is 3.76. The lowest BCUT2D eigenvalue weighted by atomic mass is 10.0. The topological polar surface area (TPSA) is 12.9 Å². The average molecular weight is 349 g/mol. The number of rotatable bonds is 0. The fraction of sp³-hybridized carbons (Fsp3) is 0.0714. The molecule has 1 nitrogen and oxygen atoms in total. The van der Waals surface area contributed by atoms with Crippen LogP contribution in [-0.4, -0.2) is 4.98 Å². The minimum Gasteiger partial charge on any atom is -0.248 e. The van der Waals surface area contributed by atoms with Gasteiger partial charge in [-0.3, -0.25) is 0 Å². The largest absolute Gasteiger partial charge is 0.248 e. The summed E-state index contributed by atoms with van der Waals surface area (Å²) < 4.78 is 11.8. The number of alkyl halides is 3. The Morgan fingerprint density at radius 1 is 0.900 bits per heavy atom. The van der Waals surface area contributed by atoms with Crippen LogP contribution in [-0.2, 0) is 3.79 Å². The first-order valence-electron chi connectivity index (χ1n) is 5.62. The van der Waals surface area contributed by atoms with Crippen LogP contribution in [0.4, 0.5) is 4.39 Å². The maximum atomic E-state index is 13.4. The van der Waals surface area contributed by atoms with Crippen LogP contribution >= 0.6 is 46.4 Å². The molecular weight excluding hydrogens is 343 g/mol. The Balaban J connectivity index is 2.55. The quantitative estimate of drug-likeness (QED) is 0.358. The summed E-state index contributed by atoms with van der Waals surface area (Å²) in [6, 6.07) is 9.40. The Labute approximate surface area is 134 Å². The molecule has 2 aromatic carbocycles. The highest BCUT2D eigenvalue weighted by atomic mass is 35.6. The molecule has 0 saturated carbocycles. The first kappa shape index (κ1) is 14.2. The predicted molar refractivity (Wildman–Crippen MR) is 83.5 cm³/mol. The van der Waals surface area contributed by atoms with Crippen LogP contribution in [0.3, 0.4) is 0 Å². The minimum atomic E-state index is -1.69. The van der Waals surface area contributed by atoms with E-state index in [4.69, 9.17) is 46.4 Å². The maximum Gasteiger partial charge on any atom is 0.233 e. The normalized spacial score (nSPS) is 12.2. The third-order valence-electron chi connectivity index (χ3n) is 2.99. The molecule has 0 aliphatic rings. The third kappa shape index (κ3) is 2.42. The lowest BCUT2D eigenvalue weighted by Gasteiger charge is -2.15. The fourth-order valence-corrected chi connectivity index (χ4v) is 2.77. The van der Waals surface area contributed by atoms with Gasteiger partial charge in [-0.25, -0.2) is 9.37 Å². The molecule has 1 heterocycles. The second-order valence-electron chi connectivity index (χ2n) is 4.31. The van der Waals surface area contributed by atoms with E-state index in [-0.39, 0.29) is 11.5 Å². The van der Waals surface area contributed by atoms with Crippen molar-refractivity contribution in [2.24, 2.45) is 0 Å². The van der Waals surface area contributed by atoms with Crippen molar-refractivity contribution in [2.75, 3.05) is 0 Å². The average Bonchev–Trinajstić information content (AvgIpc) is 2.36. The zero-order valence-electron chi connectivity index (χ0n) is 9.80. The van der Waals surface area contributed by atoms with Gasteiger partial charge in [-0.15, -0.1) is 0 Å². The Hall–Kier alpha value is -0.800. The van der Waals surface area contributed by atoms with Crippen LogP contribution in [0.5, 0.6) is 0 Å². The minimum absolute atomic E-state index is 0.277. The van der Waals surface area contributed by atoms with Crippen molar-refractivity contribution in [1.82, 2.24) is 4.98 Å². The molecule has 0 radical (unpaired) electrons. The van der Waals surface area contributed by atoms with E-state index in [2.05, 4.69) is 4.98 Å². The Morgan fingerprint density at radius 3 is 2.35 bits per heavy atom. The molecule has 0 aliphatic carbocycles. The van der Waals surface area contributed by atoms with Crippen molar-refractivity contribution in [3.8, 4) is 0 Å². The van der Waals surface area contributed by atoms with Crippen LogP contribution in [0.15, 0.2) is 36.4 Å². The maximum absolute atomic E-state index is 13.4. The summed E-state index contributed by atoms with van der Waals surface area (Å²) >= 11 is 23.9. The predicted octanol–water partition coefficient (Wildman–Crippen LogP) is 6.01. The molecule has 0 unspecified atom stereocenters. The number of nitrogens with zero attached hydrogens (tertiary/aromatic N) is 1. The van der Waals surface area contributed by atoms with Gasteiger partial charge in [-0.1, -0.05) is 52.5 Å². The van der Waals surface area contributed by atoms with Crippen LogP contribution < -0.4 is 0 Å². The van der Waals surface area contributed by atoms with Gasteiger partial charge >= 0.3 is 0 Å². The number of aromatic nitrogens is 1. The lowest BCUT2D eigenvalue weighted by Crippen LogP contribution is -2.05. The van der Waals surface area contributed by atoms with Crippen LogP contribution in [0, 0.1) is 5.82 Å². The van der Waals surface area contributed by atoms with Crippen molar-refractivity contribution in [3.63, 3.8) is 0 Å². The lowest BCUT2D eigenvalue weighted by molar-refractivity contribution is 0.629. The second kappa shape index (κ2) is 4.88. The summed E-state index contributed by atoms with van der Waals surface area (Å²) in [6.45, 7) is 0. The summed E-state index contributed by atoms with van der Waals surface area (Å²) in [5.41, 5.74) is 0.835. The van der Waals surface area contributed by atoms with E-state index in [9.17, 15) is 4.39 Å². The molecule has 0 spiro atoms. The Morgan fingerprint density at radius 2 is 1.65 bits per heavy atom. The summed E-state index contributed by atoms with van der Waals surface area (Å²) in [6.07, 6.45) is 0. The number of benzene rings is 2. The highest BCUT2D eigenvalue weighted by molar-refractivity contribution is 6.67. The van der Waals surface area contributed by atoms with E-state index in [0.717, 1.165) is 5.39 Å². The monoisotopic (exact) mass is 347 g/mol. The highest BCUT2D eigenvalue weighted by Gasteiger charge is 2.28. The number of fused-ring (bicyclic) bond motifs is 3. The van der Waals surface area contributed by atoms with Gasteiger partial charge in [0.2, 0.25) is 3.79 Å². The van der Waals surface area contributed by atoms with Gasteiger partial charge in [0.15, 0.2) is 0 Å². The molecule has 102 valence electrons. The summed E-state index contributed by atoms with van der Waals surface area (Å²) in [7, 11) is 0. The van der Waals surface area contributed by atoms with Gasteiger partial charge in [0, 0.05) is 15.8 Å². The Bertz CT molecular complexity index is 827. The molecule has 3 rings (SSSR count). The number of pyridine rings is 1. The molecule has 0 amide bonds. The van der Waals surface area contributed by atoms with E-state index in [1.165, 1.54) is 12.1 Å². The van der Waals surface area contributed by atoms with Crippen molar-refractivity contribution in [3.05, 3.63) is 52.9 Å². The molecule has 0 fully saturated rings. The van der Waals surface area contributed by atoms with Gasteiger partial charge in [-0.2, -0.15) is 0 Å². The molecule has 6 heteroatoms. The van der Waals surface area contributed by atoms with Crippen molar-refractivity contribution >= 4 is 68.1 Å². The molecule has 0 aliphatic heterocycles. The molecule has 0 saturated heterocycles. The van der Waals surface area contributed by atoms with Crippen molar-refractivity contribution in [1.29, 1.82) is 0 Å². The van der Waals surface area contributed by atoms with Crippen LogP contribution in [0.25, 0.3) is 21.7 Å². The summed E-state index contributed by atoms with van der Waals surface area (Å²) in [4.78, 5) is 4.34. The van der Waals surface area contributed by atoms with Crippen LogP contribution in [0.2, 0.25) is 5.02 Å². The van der Waals surface area contributed by atoms with E-state index >= 15 is 0 Å². The highest BCUT2D eigenvalue weighted by Crippen LogP contribution is 2.42. The van der Waals surface area contributed by atoms with Gasteiger partial charge in [0.25, 0.3) is 0 Å². The van der Waals surface area contributed by atoms with E-state index < -0.39 is 3.79 Å². The second-order valence-corrected chi connectivity index (χ2v) is 7.03. The summed E-state index contributed by atoms with van der Waals surface area (Å²) in [5, 5.41) is 2.47. The van der Waals surface area contributed by atoms with Crippen molar-refractivity contribution in [2.45, 2.75) is 3.79 Å².